The summed E-state index contributed by atoms with van der Waals surface area (Å²) in [7, 11) is 0. The van der Waals surface area contributed by atoms with Crippen LogP contribution in [-0.4, -0.2) is 30.7 Å². The van der Waals surface area contributed by atoms with Crippen molar-refractivity contribution in [2.45, 2.75) is 65.3 Å². The van der Waals surface area contributed by atoms with E-state index in [4.69, 9.17) is 16.0 Å². The maximum absolute atomic E-state index is 14.7. The second kappa shape index (κ2) is 13.8. The molecule has 0 N–H and O–H groups in total. The monoisotopic (exact) mass is 712 g/mol. The topological polar surface area (TPSA) is 80.8 Å². The molecular formula is C43H40N2O4S2. The standard InChI is InChI=1S/C43H40N2O4S2/c1-6-48-40(46)42(25-44)38-35(30-21-15-10-16-22-30)39(43(42,45-5)41(47)49-7-2)37(32-24-34(51-27(32)4)29-19-13-9-14-20-29)36(38)31-23-33(50-26(31)3)28-17-11-8-12-18-28/h8-9,11-14,17-20,23-24,38-39H,6-7,10,15-16,21-22H2,1-4H3. The lowest BCUT2D eigenvalue weighted by atomic mass is 9.58. The summed E-state index contributed by atoms with van der Waals surface area (Å²) in [4.78, 5) is 37.7. The van der Waals surface area contributed by atoms with Crippen LogP contribution in [0.5, 0.6) is 0 Å². The van der Waals surface area contributed by atoms with E-state index in [1.807, 2.05) is 36.4 Å². The van der Waals surface area contributed by atoms with Crippen molar-refractivity contribution >= 4 is 45.8 Å². The molecule has 4 atom stereocenters. The number of benzene rings is 2. The van der Waals surface area contributed by atoms with Crippen LogP contribution in [0.15, 0.2) is 83.9 Å². The van der Waals surface area contributed by atoms with Gasteiger partial charge in [0.25, 0.3) is 5.41 Å². The number of esters is 2. The third-order valence-electron chi connectivity index (χ3n) is 10.9. The van der Waals surface area contributed by atoms with Crippen molar-refractivity contribution in [3.63, 3.8) is 0 Å². The summed E-state index contributed by atoms with van der Waals surface area (Å²) < 4.78 is 11.5. The van der Waals surface area contributed by atoms with Gasteiger partial charge in [0, 0.05) is 25.4 Å². The fraction of sp³-hybridized carbons (Fsp3) is 0.349. The Bertz CT molecular complexity index is 2010. The van der Waals surface area contributed by atoms with Gasteiger partial charge in [0.1, 0.15) is 0 Å². The van der Waals surface area contributed by atoms with E-state index >= 15 is 0 Å². The highest BCUT2D eigenvalue weighted by Crippen LogP contribution is 2.74. The van der Waals surface area contributed by atoms with Gasteiger partial charge in [-0.05, 0) is 104 Å². The number of rotatable bonds is 8. The molecule has 2 fully saturated rings. The predicted octanol–water partition coefficient (Wildman–Crippen LogP) is 10.5. The van der Waals surface area contributed by atoms with Crippen molar-refractivity contribution in [1.29, 1.82) is 5.26 Å². The van der Waals surface area contributed by atoms with E-state index in [2.05, 4.69) is 61.2 Å². The maximum Gasteiger partial charge on any atom is 0.396 e. The average Bonchev–Trinajstić information content (AvgIpc) is 3.90. The minimum Gasteiger partial charge on any atom is -0.465 e. The summed E-state index contributed by atoms with van der Waals surface area (Å²) in [6.07, 6.45) is 4.61. The van der Waals surface area contributed by atoms with E-state index in [1.54, 1.807) is 36.5 Å². The van der Waals surface area contributed by atoms with Crippen molar-refractivity contribution in [3.8, 4) is 27.0 Å². The predicted molar refractivity (Wildman–Crippen MR) is 204 cm³/mol. The Kier molecular flexibility index (Phi) is 9.35. The summed E-state index contributed by atoms with van der Waals surface area (Å²) in [5.74, 6) is -3.42. The van der Waals surface area contributed by atoms with E-state index < -0.39 is 34.7 Å². The number of ether oxygens (including phenoxy) is 2. The van der Waals surface area contributed by atoms with Gasteiger partial charge < -0.3 is 9.47 Å². The van der Waals surface area contributed by atoms with Crippen molar-refractivity contribution in [2.75, 3.05) is 13.2 Å². The van der Waals surface area contributed by atoms with Gasteiger partial charge in [-0.3, -0.25) is 4.85 Å². The number of nitrogens with zero attached hydrogens (tertiary/aromatic N) is 2. The molecule has 8 heteroatoms. The van der Waals surface area contributed by atoms with Crippen LogP contribution in [0.3, 0.4) is 0 Å². The minimum absolute atomic E-state index is 0.00801. The van der Waals surface area contributed by atoms with Crippen LogP contribution < -0.4 is 0 Å². The molecule has 51 heavy (non-hydrogen) atoms. The first-order chi connectivity index (χ1) is 24.8. The first kappa shape index (κ1) is 34.7. The molecule has 6 nitrogen and oxygen atoms in total. The Morgan fingerprint density at radius 3 is 1.76 bits per heavy atom. The van der Waals surface area contributed by atoms with Crippen LogP contribution >= 0.6 is 22.7 Å². The second-order valence-electron chi connectivity index (χ2n) is 13.4. The van der Waals surface area contributed by atoms with Crippen molar-refractivity contribution in [1.82, 2.24) is 0 Å². The molecule has 0 spiro atoms. The highest BCUT2D eigenvalue weighted by molar-refractivity contribution is 7.16. The van der Waals surface area contributed by atoms with Gasteiger partial charge in [-0.1, -0.05) is 72.7 Å². The first-order valence-corrected chi connectivity index (χ1v) is 19.3. The Labute approximate surface area is 307 Å². The van der Waals surface area contributed by atoms with E-state index in [-0.39, 0.29) is 13.2 Å². The molecule has 2 heterocycles. The maximum atomic E-state index is 14.7. The van der Waals surface area contributed by atoms with Gasteiger partial charge in [0.05, 0.1) is 25.2 Å². The second-order valence-corrected chi connectivity index (χ2v) is 16.0. The molecule has 4 aromatic rings. The number of allylic oxidation sites excluding steroid dienone is 2. The molecule has 258 valence electrons. The van der Waals surface area contributed by atoms with Gasteiger partial charge in [0.15, 0.2) is 0 Å². The zero-order valence-corrected chi connectivity index (χ0v) is 31.0. The van der Waals surface area contributed by atoms with Crippen LogP contribution in [0.1, 0.15) is 66.8 Å². The summed E-state index contributed by atoms with van der Waals surface area (Å²) in [5.41, 5.74) is 3.41. The highest BCUT2D eigenvalue weighted by atomic mass is 32.1. The molecule has 3 aliphatic carbocycles. The fourth-order valence-corrected chi connectivity index (χ4v) is 10.9. The highest BCUT2D eigenvalue weighted by Gasteiger charge is 2.87. The number of aryl methyl sites for hydroxylation is 2. The van der Waals surface area contributed by atoms with E-state index in [0.29, 0.717) is 0 Å². The van der Waals surface area contributed by atoms with Crippen LogP contribution in [0, 0.1) is 49.0 Å². The number of hydrogen-bond acceptors (Lipinski definition) is 7. The smallest absolute Gasteiger partial charge is 0.396 e. The normalized spacial score (nSPS) is 24.0. The Morgan fingerprint density at radius 2 is 1.29 bits per heavy atom. The zero-order valence-electron chi connectivity index (χ0n) is 29.4. The van der Waals surface area contributed by atoms with Crippen molar-refractivity contribution in [3.05, 3.63) is 116 Å². The lowest BCUT2D eigenvalue weighted by molar-refractivity contribution is -0.165. The average molecular weight is 713 g/mol. The number of carbonyl (C=O) groups is 2. The van der Waals surface area contributed by atoms with E-state index in [1.165, 1.54) is 0 Å². The minimum atomic E-state index is -2.18. The molecule has 0 saturated heterocycles. The molecular weight excluding hydrogens is 673 g/mol. The van der Waals surface area contributed by atoms with Gasteiger partial charge in [-0.15, -0.1) is 22.7 Å². The van der Waals surface area contributed by atoms with Crippen LogP contribution in [0.25, 0.3) is 36.9 Å². The molecule has 0 amide bonds. The molecule has 0 radical (unpaired) electrons. The first-order valence-electron chi connectivity index (χ1n) is 17.7. The lowest BCUT2D eigenvalue weighted by Crippen LogP contribution is -2.60. The number of thiophene rings is 2. The van der Waals surface area contributed by atoms with Gasteiger partial charge in [-0.25, -0.2) is 16.2 Å². The van der Waals surface area contributed by atoms with Gasteiger partial charge in [0.2, 0.25) is 0 Å². The summed E-state index contributed by atoms with van der Waals surface area (Å²) >= 11 is 3.34. The Morgan fingerprint density at radius 1 is 0.804 bits per heavy atom. The van der Waals surface area contributed by atoms with Gasteiger partial charge in [-0.2, -0.15) is 5.26 Å². The number of carbonyl (C=O) groups excluding carboxylic acids is 2. The zero-order chi connectivity index (χ0) is 35.9. The van der Waals surface area contributed by atoms with E-state index in [0.717, 1.165) is 96.2 Å². The summed E-state index contributed by atoms with van der Waals surface area (Å²) in [6, 6.07) is 27.1. The molecule has 2 bridgehead atoms. The third-order valence-corrected chi connectivity index (χ3v) is 13.1. The molecule has 0 aliphatic heterocycles. The molecule has 2 aromatic heterocycles. The quantitative estimate of drug-likeness (QED) is 0.103. The molecule has 2 saturated carbocycles. The SMILES string of the molecule is [C-]#[N+]C1(C(=O)OCC)C2C(c3cc(-c4ccccc4)sc3C)=C(c3cc(-c4ccccc4)sc3C)C(C2=C2CCCCC2)C1(C#N)C(=O)OCC. The van der Waals surface area contributed by atoms with Crippen molar-refractivity contribution in [2.24, 2.45) is 17.3 Å². The molecule has 4 unspecified atom stereocenters. The Balaban J connectivity index is 1.64. The fourth-order valence-electron chi connectivity index (χ4n) is 8.82. The molecule has 3 aliphatic rings. The lowest BCUT2D eigenvalue weighted by Gasteiger charge is -2.38. The van der Waals surface area contributed by atoms with Crippen LogP contribution in [-0.2, 0) is 19.1 Å². The Hall–Kier alpha value is -4.76. The summed E-state index contributed by atoms with van der Waals surface area (Å²) in [5, 5.41) is 11.5. The van der Waals surface area contributed by atoms with Crippen molar-refractivity contribution < 1.29 is 19.1 Å². The van der Waals surface area contributed by atoms with Gasteiger partial charge >= 0.3 is 17.5 Å². The van der Waals surface area contributed by atoms with Crippen LogP contribution in [0.4, 0.5) is 0 Å². The number of hydrogen-bond donors (Lipinski definition) is 0. The molecule has 7 rings (SSSR count). The third kappa shape index (κ3) is 5.14. The van der Waals surface area contributed by atoms with E-state index in [9.17, 15) is 14.9 Å². The molecule has 2 aromatic carbocycles. The van der Waals surface area contributed by atoms with Crippen LogP contribution in [0.2, 0.25) is 0 Å². The number of nitriles is 1. The number of fused-ring (bicyclic) bond motifs is 2. The summed E-state index contributed by atoms with van der Waals surface area (Å²) in [6.45, 7) is 16.5. The largest absolute Gasteiger partial charge is 0.465 e.